The molecular weight excluding hydrogens is 496 g/mol. The predicted octanol–water partition coefficient (Wildman–Crippen LogP) is 3.16. The van der Waals surface area contributed by atoms with Gasteiger partial charge in [0.25, 0.3) is 0 Å². The van der Waals surface area contributed by atoms with E-state index in [-0.39, 0.29) is 43.0 Å². The topological polar surface area (TPSA) is 73.8 Å². The Kier molecular flexibility index (Phi) is 12.2. The quantitative estimate of drug-likeness (QED) is 0.220. The number of halogens is 4. The van der Waals surface area contributed by atoms with Gasteiger partial charge in [-0.15, -0.1) is 24.0 Å². The van der Waals surface area contributed by atoms with Gasteiger partial charge in [0.15, 0.2) is 5.96 Å². The number of nitrogens with zero attached hydrogens (tertiary/aromatic N) is 2. The van der Waals surface area contributed by atoms with Crippen LogP contribution in [0.25, 0.3) is 0 Å². The number of guanidine groups is 1. The van der Waals surface area contributed by atoms with Crippen LogP contribution in [0, 0.1) is 11.8 Å². The lowest BCUT2D eigenvalue weighted by Crippen LogP contribution is -2.45. The highest BCUT2D eigenvalue weighted by Crippen LogP contribution is 2.30. The Balaban J connectivity index is 0.00000676. The van der Waals surface area contributed by atoms with Crippen LogP contribution in [0.15, 0.2) is 4.99 Å². The highest BCUT2D eigenvalue weighted by atomic mass is 127. The predicted molar refractivity (Wildman–Crippen MR) is 113 cm³/mol. The number of hydrogen-bond acceptors (Lipinski definition) is 3. The minimum absolute atomic E-state index is 0. The van der Waals surface area contributed by atoms with Gasteiger partial charge < -0.3 is 10.6 Å². The SMILES string of the molecule is CCNC(=NCC1CCN(S(=O)(=O)C(F)(F)F)CC1)NCCCC(C)C.I. The first kappa shape index (κ1) is 26.7. The molecule has 11 heteroatoms. The molecule has 6 nitrogen and oxygen atoms in total. The number of piperidine rings is 1. The molecule has 0 bridgehead atoms. The lowest BCUT2D eigenvalue weighted by Gasteiger charge is -2.30. The van der Waals surface area contributed by atoms with Gasteiger partial charge in [-0.3, -0.25) is 4.99 Å². The standard InChI is InChI=1S/C16H31F3N4O2S.HI/c1-4-20-15(21-9-5-6-13(2)3)22-12-14-7-10-23(11-8-14)26(24,25)16(17,18)19;/h13-14H,4-12H2,1-3H3,(H2,20,21,22);1H. The summed E-state index contributed by atoms with van der Waals surface area (Å²) >= 11 is 0. The van der Waals surface area contributed by atoms with Crippen LogP contribution >= 0.6 is 24.0 Å². The molecule has 1 fully saturated rings. The summed E-state index contributed by atoms with van der Waals surface area (Å²) in [7, 11) is -5.21. The third kappa shape index (κ3) is 9.16. The zero-order valence-corrected chi connectivity index (χ0v) is 19.3. The molecule has 0 radical (unpaired) electrons. The van der Waals surface area contributed by atoms with Gasteiger partial charge in [0.2, 0.25) is 0 Å². The third-order valence-electron chi connectivity index (χ3n) is 4.31. The van der Waals surface area contributed by atoms with Crippen LogP contribution in [0.2, 0.25) is 0 Å². The van der Waals surface area contributed by atoms with E-state index >= 15 is 0 Å². The summed E-state index contributed by atoms with van der Waals surface area (Å²) in [6.45, 7) is 8.09. The molecule has 162 valence electrons. The fourth-order valence-corrected chi connectivity index (χ4v) is 3.74. The summed E-state index contributed by atoms with van der Waals surface area (Å²) in [5.41, 5.74) is -5.23. The maximum Gasteiger partial charge on any atom is 0.511 e. The van der Waals surface area contributed by atoms with Crippen molar-refractivity contribution >= 4 is 40.0 Å². The molecule has 0 aromatic carbocycles. The zero-order valence-electron chi connectivity index (χ0n) is 16.2. The van der Waals surface area contributed by atoms with Crippen molar-refractivity contribution in [1.29, 1.82) is 0 Å². The Morgan fingerprint density at radius 3 is 2.30 bits per heavy atom. The summed E-state index contributed by atoms with van der Waals surface area (Å²) in [6.07, 6.45) is 2.92. The van der Waals surface area contributed by atoms with Crippen LogP contribution in [0.3, 0.4) is 0 Å². The molecule has 0 aromatic heterocycles. The van der Waals surface area contributed by atoms with Gasteiger partial charge in [-0.05, 0) is 44.4 Å². The number of aliphatic imine (C=N–C) groups is 1. The molecule has 0 atom stereocenters. The van der Waals surface area contributed by atoms with Gasteiger partial charge in [0.1, 0.15) is 0 Å². The molecule has 1 saturated heterocycles. The number of alkyl halides is 3. The van der Waals surface area contributed by atoms with E-state index in [0.29, 0.717) is 35.6 Å². The zero-order chi connectivity index (χ0) is 19.8. The van der Waals surface area contributed by atoms with E-state index in [1.165, 1.54) is 0 Å². The smallest absolute Gasteiger partial charge is 0.357 e. The van der Waals surface area contributed by atoms with Crippen molar-refractivity contribution in [3.8, 4) is 0 Å². The van der Waals surface area contributed by atoms with Gasteiger partial charge in [-0.2, -0.15) is 17.5 Å². The molecule has 0 amide bonds. The summed E-state index contributed by atoms with van der Waals surface area (Å²) in [6, 6.07) is 0. The van der Waals surface area contributed by atoms with Gasteiger partial charge in [-0.25, -0.2) is 8.42 Å². The molecule has 1 rings (SSSR count). The average molecular weight is 528 g/mol. The summed E-state index contributed by atoms with van der Waals surface area (Å²) in [5, 5.41) is 6.40. The van der Waals surface area contributed by atoms with Gasteiger partial charge in [-0.1, -0.05) is 13.8 Å². The van der Waals surface area contributed by atoms with Crippen LogP contribution in [0.5, 0.6) is 0 Å². The molecule has 1 heterocycles. The third-order valence-corrected chi connectivity index (χ3v) is 5.94. The number of sulfonamides is 1. The largest absolute Gasteiger partial charge is 0.511 e. The fourth-order valence-electron chi connectivity index (χ4n) is 2.76. The summed E-state index contributed by atoms with van der Waals surface area (Å²) in [4.78, 5) is 4.49. The normalized spacial score (nSPS) is 17.7. The summed E-state index contributed by atoms with van der Waals surface area (Å²) in [5.74, 6) is 1.43. The molecule has 0 aliphatic carbocycles. The van der Waals surface area contributed by atoms with E-state index in [0.717, 1.165) is 25.9 Å². The van der Waals surface area contributed by atoms with Gasteiger partial charge in [0, 0.05) is 32.7 Å². The van der Waals surface area contributed by atoms with Crippen molar-refractivity contribution in [3.05, 3.63) is 0 Å². The molecule has 0 aromatic rings. The first-order valence-electron chi connectivity index (χ1n) is 9.16. The number of hydrogen-bond donors (Lipinski definition) is 2. The highest BCUT2D eigenvalue weighted by Gasteiger charge is 2.50. The molecular formula is C16H32F3IN4O2S. The monoisotopic (exact) mass is 528 g/mol. The van der Waals surface area contributed by atoms with E-state index in [1.54, 1.807) is 0 Å². The first-order chi connectivity index (χ1) is 12.1. The van der Waals surface area contributed by atoms with E-state index < -0.39 is 15.5 Å². The average Bonchev–Trinajstić information content (AvgIpc) is 2.55. The van der Waals surface area contributed by atoms with E-state index in [9.17, 15) is 21.6 Å². The van der Waals surface area contributed by atoms with Crippen molar-refractivity contribution in [2.24, 2.45) is 16.8 Å². The molecule has 1 aliphatic rings. The Hall–Kier alpha value is -0.300. The van der Waals surface area contributed by atoms with Crippen LogP contribution < -0.4 is 10.6 Å². The van der Waals surface area contributed by atoms with Crippen LogP contribution in [-0.2, 0) is 10.0 Å². The maximum absolute atomic E-state index is 12.6. The van der Waals surface area contributed by atoms with E-state index in [1.807, 2.05) is 6.92 Å². The van der Waals surface area contributed by atoms with Crippen molar-refractivity contribution in [1.82, 2.24) is 14.9 Å². The van der Waals surface area contributed by atoms with E-state index in [2.05, 4.69) is 29.5 Å². The Bertz CT molecular complexity index is 548. The van der Waals surface area contributed by atoms with Crippen LogP contribution in [-0.4, -0.2) is 56.9 Å². The van der Waals surface area contributed by atoms with Crippen molar-refractivity contribution in [2.45, 2.75) is 52.0 Å². The lowest BCUT2D eigenvalue weighted by atomic mass is 9.98. The number of nitrogens with one attached hydrogen (secondary N) is 2. The lowest BCUT2D eigenvalue weighted by molar-refractivity contribution is -0.0496. The molecule has 27 heavy (non-hydrogen) atoms. The second-order valence-electron chi connectivity index (χ2n) is 6.98. The highest BCUT2D eigenvalue weighted by molar-refractivity contribution is 14.0. The molecule has 0 saturated carbocycles. The molecule has 0 spiro atoms. The van der Waals surface area contributed by atoms with Crippen molar-refractivity contribution in [3.63, 3.8) is 0 Å². The molecule has 2 N–H and O–H groups in total. The van der Waals surface area contributed by atoms with E-state index in [4.69, 9.17) is 0 Å². The Morgan fingerprint density at radius 2 is 1.81 bits per heavy atom. The first-order valence-corrected chi connectivity index (χ1v) is 10.6. The van der Waals surface area contributed by atoms with Gasteiger partial charge in [0.05, 0.1) is 0 Å². The van der Waals surface area contributed by atoms with Crippen molar-refractivity contribution in [2.75, 3.05) is 32.7 Å². The molecule has 1 aliphatic heterocycles. The second-order valence-corrected chi connectivity index (χ2v) is 8.91. The fraction of sp³-hybridized carbons (Fsp3) is 0.938. The minimum Gasteiger partial charge on any atom is -0.357 e. The Morgan fingerprint density at radius 1 is 1.22 bits per heavy atom. The maximum atomic E-state index is 12.6. The molecule has 0 unspecified atom stereocenters. The van der Waals surface area contributed by atoms with Crippen molar-refractivity contribution < 1.29 is 21.6 Å². The van der Waals surface area contributed by atoms with Crippen LogP contribution in [0.1, 0.15) is 46.5 Å². The van der Waals surface area contributed by atoms with Gasteiger partial charge >= 0.3 is 15.5 Å². The minimum atomic E-state index is -5.23. The van der Waals surface area contributed by atoms with Crippen LogP contribution in [0.4, 0.5) is 13.2 Å². The Labute approximate surface area is 177 Å². The second kappa shape index (κ2) is 12.3. The summed E-state index contributed by atoms with van der Waals surface area (Å²) < 4.78 is 61.1. The number of rotatable bonds is 8.